The Kier molecular flexibility index (Phi) is 8.24. The van der Waals surface area contributed by atoms with Gasteiger partial charge < -0.3 is 10.1 Å². The number of hydrogen-bond acceptors (Lipinski definition) is 6. The van der Waals surface area contributed by atoms with Crippen LogP contribution < -0.4 is 15.5 Å². The fraction of sp³-hybridized carbons (Fsp3) is 0.231. The van der Waals surface area contributed by atoms with E-state index >= 15 is 0 Å². The summed E-state index contributed by atoms with van der Waals surface area (Å²) in [4.78, 5) is 4.59. The minimum atomic E-state index is -4.56. The van der Waals surface area contributed by atoms with Crippen LogP contribution in [0.4, 0.5) is 17.6 Å². The van der Waals surface area contributed by atoms with Crippen molar-refractivity contribution < 1.29 is 22.3 Å². The molecule has 0 amide bonds. The van der Waals surface area contributed by atoms with Crippen LogP contribution in [0.1, 0.15) is 17.0 Å². The molecular weight excluding hydrogens is 488 g/mol. The van der Waals surface area contributed by atoms with Crippen LogP contribution in [0.3, 0.4) is 0 Å². The lowest BCUT2D eigenvalue weighted by Crippen LogP contribution is -2.22. The Morgan fingerprint density at radius 3 is 2.49 bits per heavy atom. The first kappa shape index (κ1) is 26.0. The number of rotatable bonds is 9. The number of aryl methyl sites for hydroxylation is 1. The summed E-state index contributed by atoms with van der Waals surface area (Å²) < 4.78 is 58.3. The summed E-state index contributed by atoms with van der Waals surface area (Å²) in [5.41, 5.74) is 2.29. The molecule has 1 N–H and O–H groups in total. The fourth-order valence-electron chi connectivity index (χ4n) is 3.64. The van der Waals surface area contributed by atoms with Gasteiger partial charge in [0.25, 0.3) is 0 Å². The zero-order chi connectivity index (χ0) is 26.3. The number of aromatic nitrogens is 3. The molecule has 4 aromatic rings. The van der Waals surface area contributed by atoms with Crippen molar-refractivity contribution in [3.05, 3.63) is 95.0 Å². The number of fused-ring (bicyclic) bond motifs is 1. The zero-order valence-electron chi connectivity index (χ0n) is 19.9. The van der Waals surface area contributed by atoms with Gasteiger partial charge in [-0.3, -0.25) is 4.98 Å². The Morgan fingerprint density at radius 1 is 0.973 bits per heavy atom. The molecule has 37 heavy (non-hydrogen) atoms. The monoisotopic (exact) mass is 512 g/mol. The molecule has 0 bridgehead atoms. The maximum Gasteiger partial charge on any atom is 0.428 e. The summed E-state index contributed by atoms with van der Waals surface area (Å²) >= 11 is 0. The number of hydrogen-bond donors (Lipinski definition) is 1. The van der Waals surface area contributed by atoms with E-state index in [1.54, 1.807) is 43.4 Å². The van der Waals surface area contributed by atoms with Crippen LogP contribution in [0.15, 0.2) is 76.9 Å². The third-order valence-electron chi connectivity index (χ3n) is 5.36. The maximum atomic E-state index is 13.7. The summed E-state index contributed by atoms with van der Waals surface area (Å²) in [5, 5.41) is 15.6. The Hall–Kier alpha value is -4.12. The van der Waals surface area contributed by atoms with E-state index in [2.05, 4.69) is 25.6 Å². The molecule has 2 aromatic carbocycles. The number of halogens is 4. The molecule has 11 heteroatoms. The summed E-state index contributed by atoms with van der Waals surface area (Å²) in [5.74, 6) is 0.0684. The lowest BCUT2D eigenvalue weighted by molar-refractivity contribution is -0.0537. The quantitative estimate of drug-likeness (QED) is 0.155. The third kappa shape index (κ3) is 7.20. The van der Waals surface area contributed by atoms with Crippen molar-refractivity contribution in [3.63, 3.8) is 0 Å². The molecule has 4 rings (SSSR count). The van der Waals surface area contributed by atoms with Gasteiger partial charge in [0.05, 0.1) is 11.4 Å². The van der Waals surface area contributed by atoms with E-state index in [1.807, 2.05) is 24.3 Å². The highest BCUT2D eigenvalue weighted by Gasteiger charge is 2.23. The molecule has 0 saturated heterocycles. The highest BCUT2D eigenvalue weighted by atomic mass is 19.4. The van der Waals surface area contributed by atoms with Crippen molar-refractivity contribution in [2.24, 2.45) is 17.3 Å². The second-order valence-electron chi connectivity index (χ2n) is 8.11. The van der Waals surface area contributed by atoms with Crippen molar-refractivity contribution in [3.8, 4) is 5.88 Å². The average molecular weight is 513 g/mol. The molecule has 0 unspecified atom stereocenters. The second kappa shape index (κ2) is 11.7. The van der Waals surface area contributed by atoms with E-state index < -0.39 is 6.18 Å². The summed E-state index contributed by atoms with van der Waals surface area (Å²) in [6.45, 7) is 1.23. The zero-order valence-corrected chi connectivity index (χ0v) is 19.9. The molecule has 0 aliphatic carbocycles. The van der Waals surface area contributed by atoms with Crippen LogP contribution >= 0.6 is 0 Å². The predicted octanol–water partition coefficient (Wildman–Crippen LogP) is 4.47. The van der Waals surface area contributed by atoms with E-state index in [-0.39, 0.29) is 30.0 Å². The topological polar surface area (TPSA) is 76.7 Å². The summed E-state index contributed by atoms with van der Waals surface area (Å²) in [7, 11) is 1.55. The highest BCUT2D eigenvalue weighted by Crippen LogP contribution is 2.21. The van der Waals surface area contributed by atoms with Gasteiger partial charge in [-0.1, -0.05) is 42.5 Å². The molecule has 0 spiro atoms. The summed E-state index contributed by atoms with van der Waals surface area (Å²) in [6.07, 6.45) is -4.18. The second-order valence-corrected chi connectivity index (χ2v) is 8.11. The SMILES string of the molecule is Cn1nc(OCc2cccc(CNCCc3ccccc3F)n2)c2ccccc2/c1=N/N=C/C(F)(F)F. The molecular formula is C26H24F4N6O. The van der Waals surface area contributed by atoms with Crippen LogP contribution in [0.25, 0.3) is 10.8 Å². The Labute approximate surface area is 210 Å². The molecule has 0 aliphatic rings. The number of ether oxygens (including phenoxy) is 1. The van der Waals surface area contributed by atoms with E-state index in [9.17, 15) is 17.6 Å². The summed E-state index contributed by atoms with van der Waals surface area (Å²) in [6, 6.07) is 19.2. The van der Waals surface area contributed by atoms with E-state index in [1.165, 1.54) is 10.7 Å². The first-order valence-electron chi connectivity index (χ1n) is 11.4. The van der Waals surface area contributed by atoms with E-state index in [0.29, 0.717) is 41.5 Å². The van der Waals surface area contributed by atoms with Crippen LogP contribution in [-0.2, 0) is 26.6 Å². The molecule has 0 saturated carbocycles. The number of benzene rings is 2. The Balaban J connectivity index is 1.43. The van der Waals surface area contributed by atoms with Crippen LogP contribution in [0.2, 0.25) is 0 Å². The third-order valence-corrected chi connectivity index (χ3v) is 5.36. The molecule has 0 atom stereocenters. The first-order chi connectivity index (χ1) is 17.8. The lowest BCUT2D eigenvalue weighted by Gasteiger charge is -2.11. The molecule has 0 fully saturated rings. The lowest BCUT2D eigenvalue weighted by atomic mass is 10.1. The van der Waals surface area contributed by atoms with Gasteiger partial charge in [-0.25, -0.2) is 9.07 Å². The van der Waals surface area contributed by atoms with E-state index in [0.717, 1.165) is 5.69 Å². The first-order valence-corrected chi connectivity index (χ1v) is 11.4. The maximum absolute atomic E-state index is 13.7. The van der Waals surface area contributed by atoms with Crippen molar-refractivity contribution in [2.45, 2.75) is 25.7 Å². The van der Waals surface area contributed by atoms with Gasteiger partial charge in [-0.05, 0) is 42.8 Å². The fourth-order valence-corrected chi connectivity index (χ4v) is 3.64. The van der Waals surface area contributed by atoms with Gasteiger partial charge in [-0.2, -0.15) is 18.3 Å². The van der Waals surface area contributed by atoms with Gasteiger partial charge >= 0.3 is 6.18 Å². The van der Waals surface area contributed by atoms with E-state index in [4.69, 9.17) is 4.74 Å². The van der Waals surface area contributed by atoms with Crippen molar-refractivity contribution in [1.82, 2.24) is 20.1 Å². The number of nitrogens with one attached hydrogen (secondary N) is 1. The number of alkyl halides is 3. The van der Waals surface area contributed by atoms with Crippen molar-refractivity contribution >= 4 is 17.0 Å². The average Bonchev–Trinajstić information content (AvgIpc) is 2.87. The number of pyridine rings is 1. The number of nitrogens with zero attached hydrogens (tertiary/aromatic N) is 5. The Morgan fingerprint density at radius 2 is 1.70 bits per heavy atom. The van der Waals surface area contributed by atoms with Gasteiger partial charge in [0.2, 0.25) is 5.88 Å². The van der Waals surface area contributed by atoms with Gasteiger partial charge in [0, 0.05) is 24.4 Å². The largest absolute Gasteiger partial charge is 0.470 e. The van der Waals surface area contributed by atoms with Crippen molar-refractivity contribution in [2.75, 3.05) is 6.54 Å². The molecule has 0 radical (unpaired) electrons. The van der Waals surface area contributed by atoms with Crippen LogP contribution in [0, 0.1) is 5.82 Å². The normalized spacial score (nSPS) is 12.5. The molecule has 2 heterocycles. The van der Waals surface area contributed by atoms with Crippen LogP contribution in [-0.4, -0.2) is 33.7 Å². The molecule has 0 aliphatic heterocycles. The minimum absolute atomic E-state index is 0.128. The highest BCUT2D eigenvalue weighted by molar-refractivity contribution is 5.85. The van der Waals surface area contributed by atoms with Gasteiger partial charge in [0.1, 0.15) is 18.6 Å². The smallest absolute Gasteiger partial charge is 0.428 e. The van der Waals surface area contributed by atoms with Crippen molar-refractivity contribution in [1.29, 1.82) is 0 Å². The standard InChI is InChI=1S/C26H24F4N6O/c1-36-24(34-32-17-26(28,29)30)21-10-3-4-11-22(21)25(35-36)37-16-20-9-6-8-19(33-20)15-31-14-13-18-7-2-5-12-23(18)27/h2-12,17,31H,13-16H2,1H3/b32-17+,34-24-. The van der Waals surface area contributed by atoms with Gasteiger partial charge in [-0.15, -0.1) is 10.2 Å². The van der Waals surface area contributed by atoms with Gasteiger partial charge in [0.15, 0.2) is 5.49 Å². The van der Waals surface area contributed by atoms with Crippen LogP contribution in [0.5, 0.6) is 5.88 Å². The minimum Gasteiger partial charge on any atom is -0.470 e. The predicted molar refractivity (Wildman–Crippen MR) is 131 cm³/mol. The Bertz CT molecular complexity index is 1470. The molecule has 7 nitrogen and oxygen atoms in total. The molecule has 192 valence electrons. The molecule has 2 aromatic heterocycles.